The van der Waals surface area contributed by atoms with Gasteiger partial charge in [-0.3, -0.25) is 9.59 Å². The van der Waals surface area contributed by atoms with E-state index < -0.39 is 5.97 Å². The summed E-state index contributed by atoms with van der Waals surface area (Å²) >= 11 is 0. The summed E-state index contributed by atoms with van der Waals surface area (Å²) in [5, 5.41) is 7.72. The number of hydrogen-bond acceptors (Lipinski definition) is 3. The molecule has 0 bridgehead atoms. The maximum atomic E-state index is 10.8. The molecule has 0 spiro atoms. The fourth-order valence-electron chi connectivity index (χ4n) is 1.88. The van der Waals surface area contributed by atoms with Gasteiger partial charge in [0.05, 0.1) is 6.61 Å². The first-order chi connectivity index (χ1) is 10.6. The molecule has 0 aromatic heterocycles. The first-order valence-electron chi connectivity index (χ1n) is 8.95. The van der Waals surface area contributed by atoms with Gasteiger partial charge in [0, 0.05) is 12.8 Å². The van der Waals surface area contributed by atoms with Crippen LogP contribution in [0, 0.1) is 0 Å². The van der Waals surface area contributed by atoms with Crippen LogP contribution < -0.4 is 0 Å². The van der Waals surface area contributed by atoms with E-state index in [1.807, 2.05) is 6.92 Å². The molecule has 4 heteroatoms. The van der Waals surface area contributed by atoms with Crippen LogP contribution in [0.4, 0.5) is 0 Å². The molecule has 0 aromatic carbocycles. The van der Waals surface area contributed by atoms with Gasteiger partial charge < -0.3 is 9.84 Å². The molecule has 0 aliphatic heterocycles. The van der Waals surface area contributed by atoms with Crippen molar-refractivity contribution in [1.82, 2.24) is 0 Å². The van der Waals surface area contributed by atoms with Crippen molar-refractivity contribution in [2.24, 2.45) is 0 Å². The molecule has 0 fully saturated rings. The summed E-state index contributed by atoms with van der Waals surface area (Å²) in [5.41, 5.74) is 0. The van der Waals surface area contributed by atoms with Gasteiger partial charge in [0.25, 0.3) is 0 Å². The lowest BCUT2D eigenvalue weighted by atomic mass is 10.1. The molecule has 0 amide bonds. The SMILES string of the molecule is CCC(=O)O.CCCCCCCCCCCCOC(=O)CC. The highest BCUT2D eigenvalue weighted by molar-refractivity contribution is 5.68. The lowest BCUT2D eigenvalue weighted by Crippen LogP contribution is -2.03. The largest absolute Gasteiger partial charge is 0.481 e. The second kappa shape index (κ2) is 19.9. The van der Waals surface area contributed by atoms with Crippen molar-refractivity contribution in [3.8, 4) is 0 Å². The molecule has 0 saturated carbocycles. The molecule has 0 saturated heterocycles. The summed E-state index contributed by atoms with van der Waals surface area (Å²) in [6.45, 7) is 6.30. The Bertz CT molecular complexity index is 251. The molecule has 0 aliphatic rings. The normalized spacial score (nSPS) is 9.77. The third-order valence-electron chi connectivity index (χ3n) is 3.35. The van der Waals surface area contributed by atoms with E-state index in [-0.39, 0.29) is 12.4 Å². The zero-order valence-corrected chi connectivity index (χ0v) is 14.9. The minimum Gasteiger partial charge on any atom is -0.481 e. The van der Waals surface area contributed by atoms with Crippen molar-refractivity contribution in [1.29, 1.82) is 0 Å². The Morgan fingerprint density at radius 2 is 1.14 bits per heavy atom. The van der Waals surface area contributed by atoms with E-state index in [4.69, 9.17) is 9.84 Å². The van der Waals surface area contributed by atoms with E-state index in [9.17, 15) is 9.59 Å². The lowest BCUT2D eigenvalue weighted by Gasteiger charge is -2.03. The lowest BCUT2D eigenvalue weighted by molar-refractivity contribution is -0.143. The quantitative estimate of drug-likeness (QED) is 0.368. The van der Waals surface area contributed by atoms with Crippen molar-refractivity contribution in [3.05, 3.63) is 0 Å². The number of carbonyl (C=O) groups excluding carboxylic acids is 1. The van der Waals surface area contributed by atoms with Crippen LogP contribution in [0.5, 0.6) is 0 Å². The molecule has 1 N–H and O–H groups in total. The Hall–Kier alpha value is -1.06. The smallest absolute Gasteiger partial charge is 0.305 e. The van der Waals surface area contributed by atoms with Gasteiger partial charge >= 0.3 is 11.9 Å². The zero-order chi connectivity index (χ0) is 17.1. The molecule has 0 aromatic rings. The predicted molar refractivity (Wildman–Crippen MR) is 91.0 cm³/mol. The number of ether oxygens (including phenoxy) is 1. The Morgan fingerprint density at radius 3 is 1.50 bits per heavy atom. The molecular formula is C18H36O4. The number of carboxylic acid groups (broad SMARTS) is 1. The van der Waals surface area contributed by atoms with Gasteiger partial charge in [-0.25, -0.2) is 0 Å². The Kier molecular flexibility index (Phi) is 21.0. The minimum atomic E-state index is -0.745. The van der Waals surface area contributed by atoms with E-state index in [0.29, 0.717) is 13.0 Å². The molecule has 132 valence electrons. The van der Waals surface area contributed by atoms with Crippen LogP contribution in [0.2, 0.25) is 0 Å². The van der Waals surface area contributed by atoms with Crippen molar-refractivity contribution in [2.45, 2.75) is 97.8 Å². The topological polar surface area (TPSA) is 63.6 Å². The van der Waals surface area contributed by atoms with Gasteiger partial charge in [0.1, 0.15) is 0 Å². The first-order valence-corrected chi connectivity index (χ1v) is 8.95. The number of unbranched alkanes of at least 4 members (excludes halogenated alkanes) is 9. The average Bonchev–Trinajstić information content (AvgIpc) is 2.52. The van der Waals surface area contributed by atoms with E-state index in [1.165, 1.54) is 57.8 Å². The molecule has 0 heterocycles. The van der Waals surface area contributed by atoms with Gasteiger partial charge in [0.15, 0.2) is 0 Å². The summed E-state index contributed by atoms with van der Waals surface area (Å²) < 4.78 is 5.02. The molecule has 4 nitrogen and oxygen atoms in total. The summed E-state index contributed by atoms with van der Waals surface area (Å²) in [6.07, 6.45) is 13.9. The van der Waals surface area contributed by atoms with Crippen molar-refractivity contribution in [2.75, 3.05) is 6.61 Å². The minimum absolute atomic E-state index is 0.0686. The van der Waals surface area contributed by atoms with Crippen LogP contribution in [0.1, 0.15) is 97.8 Å². The molecule has 0 radical (unpaired) electrons. The number of rotatable bonds is 13. The van der Waals surface area contributed by atoms with E-state index in [2.05, 4.69) is 6.92 Å². The van der Waals surface area contributed by atoms with Crippen LogP contribution in [0.3, 0.4) is 0 Å². The summed E-state index contributed by atoms with van der Waals surface area (Å²) in [6, 6.07) is 0. The Balaban J connectivity index is 0. The Labute approximate surface area is 136 Å². The standard InChI is InChI=1S/C15H30O2.C3H6O2/c1-3-5-6-7-8-9-10-11-12-13-14-17-15(16)4-2;1-2-3(4)5/h3-14H2,1-2H3;2H2,1H3,(H,4,5). The molecule has 0 aliphatic carbocycles. The number of carbonyl (C=O) groups is 2. The van der Waals surface area contributed by atoms with Crippen LogP contribution >= 0.6 is 0 Å². The number of hydrogen-bond donors (Lipinski definition) is 1. The van der Waals surface area contributed by atoms with Gasteiger partial charge in [-0.2, -0.15) is 0 Å². The summed E-state index contributed by atoms with van der Waals surface area (Å²) in [7, 11) is 0. The number of aliphatic carboxylic acids is 1. The van der Waals surface area contributed by atoms with E-state index in [1.54, 1.807) is 6.92 Å². The maximum absolute atomic E-state index is 10.8. The highest BCUT2D eigenvalue weighted by atomic mass is 16.5. The van der Waals surface area contributed by atoms with Gasteiger partial charge in [0.2, 0.25) is 0 Å². The average molecular weight is 316 g/mol. The molecule has 0 atom stereocenters. The van der Waals surface area contributed by atoms with E-state index in [0.717, 1.165) is 6.42 Å². The monoisotopic (exact) mass is 316 g/mol. The summed E-state index contributed by atoms with van der Waals surface area (Å²) in [5.74, 6) is -0.814. The fraction of sp³-hybridized carbons (Fsp3) is 0.889. The second-order valence-electron chi connectivity index (χ2n) is 5.50. The van der Waals surface area contributed by atoms with Crippen molar-refractivity contribution < 1.29 is 19.4 Å². The molecule has 0 rings (SSSR count). The van der Waals surface area contributed by atoms with Crippen molar-refractivity contribution >= 4 is 11.9 Å². The maximum Gasteiger partial charge on any atom is 0.305 e. The third-order valence-corrected chi connectivity index (χ3v) is 3.35. The highest BCUT2D eigenvalue weighted by Crippen LogP contribution is 2.10. The van der Waals surface area contributed by atoms with E-state index >= 15 is 0 Å². The van der Waals surface area contributed by atoms with Crippen LogP contribution in [0.25, 0.3) is 0 Å². The van der Waals surface area contributed by atoms with Crippen molar-refractivity contribution in [3.63, 3.8) is 0 Å². The first kappa shape index (κ1) is 23.2. The second-order valence-corrected chi connectivity index (χ2v) is 5.50. The fourth-order valence-corrected chi connectivity index (χ4v) is 1.88. The summed E-state index contributed by atoms with van der Waals surface area (Å²) in [4.78, 5) is 20.2. The number of carboxylic acids is 1. The molecule has 22 heavy (non-hydrogen) atoms. The highest BCUT2D eigenvalue weighted by Gasteiger charge is 1.97. The molecular weight excluding hydrogens is 280 g/mol. The number of esters is 1. The van der Waals surface area contributed by atoms with Crippen LogP contribution in [-0.2, 0) is 14.3 Å². The van der Waals surface area contributed by atoms with Crippen LogP contribution in [-0.4, -0.2) is 23.7 Å². The van der Waals surface area contributed by atoms with Gasteiger partial charge in [-0.05, 0) is 6.42 Å². The predicted octanol–water partition coefficient (Wildman–Crippen LogP) is 5.34. The Morgan fingerprint density at radius 1 is 0.727 bits per heavy atom. The van der Waals surface area contributed by atoms with Crippen LogP contribution in [0.15, 0.2) is 0 Å². The van der Waals surface area contributed by atoms with Gasteiger partial charge in [-0.1, -0.05) is 78.6 Å². The molecule has 0 unspecified atom stereocenters. The zero-order valence-electron chi connectivity index (χ0n) is 14.9. The third kappa shape index (κ3) is 24.0. The van der Waals surface area contributed by atoms with Gasteiger partial charge in [-0.15, -0.1) is 0 Å².